The van der Waals surface area contributed by atoms with Crippen LogP contribution in [0.25, 0.3) is 0 Å². The van der Waals surface area contributed by atoms with E-state index >= 15 is 0 Å². The fraction of sp³-hybridized carbons (Fsp3) is 0.357. The Kier molecular flexibility index (Phi) is 6.69. The van der Waals surface area contributed by atoms with E-state index in [1.54, 1.807) is 29.2 Å². The monoisotopic (exact) mass is 538 g/mol. The number of fused-ring (bicyclic) bond motifs is 1. The van der Waals surface area contributed by atoms with Crippen molar-refractivity contribution in [3.8, 4) is 5.75 Å². The van der Waals surface area contributed by atoms with Crippen LogP contribution in [-0.2, 0) is 11.8 Å². The van der Waals surface area contributed by atoms with Crippen LogP contribution in [0.1, 0.15) is 23.1 Å². The van der Waals surface area contributed by atoms with Gasteiger partial charge in [-0.1, -0.05) is 42.5 Å². The number of alkyl halides is 7. The van der Waals surface area contributed by atoms with Crippen LogP contribution in [0.4, 0.5) is 42.1 Å². The molecule has 3 aromatic rings. The van der Waals surface area contributed by atoms with E-state index in [1.807, 2.05) is 35.2 Å². The second kappa shape index (κ2) is 9.71. The summed E-state index contributed by atoms with van der Waals surface area (Å²) in [6, 6.07) is 20.2. The van der Waals surface area contributed by atoms with Gasteiger partial charge in [0.2, 0.25) is 0 Å². The molecule has 38 heavy (non-hydrogen) atoms. The van der Waals surface area contributed by atoms with Crippen molar-refractivity contribution in [2.75, 3.05) is 36.0 Å². The van der Waals surface area contributed by atoms with Gasteiger partial charge in [0.05, 0.1) is 19.5 Å². The van der Waals surface area contributed by atoms with Gasteiger partial charge in [0.1, 0.15) is 11.9 Å². The van der Waals surface area contributed by atoms with Crippen LogP contribution in [0.15, 0.2) is 72.8 Å². The molecule has 202 valence electrons. The first-order valence-corrected chi connectivity index (χ1v) is 12.2. The van der Waals surface area contributed by atoms with Crippen LogP contribution in [0, 0.1) is 0 Å². The van der Waals surface area contributed by atoms with Gasteiger partial charge in [-0.2, -0.15) is 13.2 Å². The Balaban J connectivity index is 1.58. The van der Waals surface area contributed by atoms with E-state index in [4.69, 9.17) is 0 Å². The number of ether oxygens (including phenoxy) is 1. The average Bonchev–Trinajstić information content (AvgIpc) is 3.14. The van der Waals surface area contributed by atoms with E-state index in [0.29, 0.717) is 17.7 Å². The molecule has 1 unspecified atom stereocenters. The zero-order chi connectivity index (χ0) is 27.1. The largest absolute Gasteiger partial charge is 0.573 e. The molecule has 1 atom stereocenters. The second-order valence-electron chi connectivity index (χ2n) is 9.81. The molecule has 3 aromatic carbocycles. The molecule has 0 amide bonds. The van der Waals surface area contributed by atoms with E-state index in [1.165, 1.54) is 18.2 Å². The summed E-state index contributed by atoms with van der Waals surface area (Å²) in [5.41, 5.74) is 2.53. The Morgan fingerprint density at radius 2 is 1.61 bits per heavy atom. The number of hydrogen-bond acceptors (Lipinski definition) is 3. The molecule has 1 fully saturated rings. The van der Waals surface area contributed by atoms with Gasteiger partial charge >= 0.3 is 12.5 Å². The summed E-state index contributed by atoms with van der Waals surface area (Å²) in [7, 11) is 0. The maximum absolute atomic E-state index is 13.5. The highest BCUT2D eigenvalue weighted by atomic mass is 19.4. The van der Waals surface area contributed by atoms with Crippen molar-refractivity contribution in [2.24, 2.45) is 0 Å². The summed E-state index contributed by atoms with van der Waals surface area (Å²) in [5, 5.41) is 0. The summed E-state index contributed by atoms with van der Waals surface area (Å²) < 4.78 is 96.2. The standard InChI is InChI=1S/C28H25F7N2O/c29-21-16-37(17-21)22-7-3-5-19(13-22)15-26(20-6-4-8-23(14-20)38-28(33,34)35)18-36(12-11-27(30,31)32)25-10-2-1-9-24(25)26/h1-10,13-14,21H,11-12,15-18H2. The minimum Gasteiger partial charge on any atom is -0.406 e. The highest BCUT2D eigenvalue weighted by Gasteiger charge is 2.45. The normalized spacial score (nSPS) is 19.9. The minimum atomic E-state index is -4.89. The van der Waals surface area contributed by atoms with Gasteiger partial charge in [-0.15, -0.1) is 13.2 Å². The number of benzene rings is 3. The van der Waals surface area contributed by atoms with Crippen molar-refractivity contribution in [2.45, 2.75) is 37.0 Å². The van der Waals surface area contributed by atoms with E-state index in [2.05, 4.69) is 4.74 Å². The Morgan fingerprint density at radius 3 is 2.32 bits per heavy atom. The highest BCUT2D eigenvalue weighted by Crippen LogP contribution is 2.48. The van der Waals surface area contributed by atoms with Gasteiger partial charge in [0, 0.05) is 29.9 Å². The summed E-state index contributed by atoms with van der Waals surface area (Å²) in [6.45, 7) is 0.407. The highest BCUT2D eigenvalue weighted by molar-refractivity contribution is 5.67. The predicted octanol–water partition coefficient (Wildman–Crippen LogP) is 7.04. The van der Waals surface area contributed by atoms with Crippen LogP contribution < -0.4 is 14.5 Å². The van der Waals surface area contributed by atoms with Gasteiger partial charge in [-0.25, -0.2) is 4.39 Å². The fourth-order valence-corrected chi connectivity index (χ4v) is 5.45. The number of nitrogens with zero attached hydrogens (tertiary/aromatic N) is 2. The number of hydrogen-bond donors (Lipinski definition) is 0. The van der Waals surface area contributed by atoms with Gasteiger partial charge in [-0.3, -0.25) is 0 Å². The van der Waals surface area contributed by atoms with Crippen molar-refractivity contribution >= 4 is 11.4 Å². The SMILES string of the molecule is FC1CN(c2cccc(CC3(c4cccc(OC(F)(F)F)c4)CN(CCC(F)(F)F)c4ccccc43)c2)C1. The molecule has 5 rings (SSSR count). The van der Waals surface area contributed by atoms with Crippen LogP contribution >= 0.6 is 0 Å². The van der Waals surface area contributed by atoms with Gasteiger partial charge in [-0.05, 0) is 53.4 Å². The lowest BCUT2D eigenvalue weighted by atomic mass is 9.71. The molecule has 3 nitrogen and oxygen atoms in total. The van der Waals surface area contributed by atoms with Crippen LogP contribution in [0.3, 0.4) is 0 Å². The fourth-order valence-electron chi connectivity index (χ4n) is 5.45. The molecular weight excluding hydrogens is 513 g/mol. The Labute approximate surface area is 215 Å². The first-order valence-electron chi connectivity index (χ1n) is 12.2. The number of halogens is 7. The molecule has 10 heteroatoms. The first-order chi connectivity index (χ1) is 17.9. The molecule has 0 saturated carbocycles. The number of para-hydroxylation sites is 1. The Hall–Kier alpha value is -3.43. The lowest BCUT2D eigenvalue weighted by Crippen LogP contribution is -2.48. The summed E-state index contributed by atoms with van der Waals surface area (Å²) >= 11 is 0. The molecule has 1 saturated heterocycles. The average molecular weight is 539 g/mol. The van der Waals surface area contributed by atoms with Gasteiger partial charge in [0.15, 0.2) is 0 Å². The minimum absolute atomic E-state index is 0.137. The van der Waals surface area contributed by atoms with Crippen molar-refractivity contribution in [3.63, 3.8) is 0 Å². The molecule has 2 aliphatic heterocycles. The third kappa shape index (κ3) is 5.54. The number of rotatable bonds is 7. The topological polar surface area (TPSA) is 15.7 Å². The van der Waals surface area contributed by atoms with Crippen molar-refractivity contribution < 1.29 is 35.5 Å². The molecule has 0 N–H and O–H groups in total. The first kappa shape index (κ1) is 26.2. The third-order valence-corrected chi connectivity index (χ3v) is 7.13. The van der Waals surface area contributed by atoms with Crippen molar-refractivity contribution in [1.29, 1.82) is 0 Å². The molecule has 0 radical (unpaired) electrons. The zero-order valence-electron chi connectivity index (χ0n) is 20.2. The van der Waals surface area contributed by atoms with Crippen molar-refractivity contribution in [3.05, 3.63) is 89.5 Å². The van der Waals surface area contributed by atoms with E-state index in [-0.39, 0.29) is 26.2 Å². The molecule has 0 aliphatic carbocycles. The lowest BCUT2D eigenvalue weighted by molar-refractivity contribution is -0.274. The summed E-state index contributed by atoms with van der Waals surface area (Å²) in [5.74, 6) is -0.399. The van der Waals surface area contributed by atoms with E-state index in [9.17, 15) is 30.7 Å². The smallest absolute Gasteiger partial charge is 0.406 e. The summed E-state index contributed by atoms with van der Waals surface area (Å²) in [6.07, 6.45) is -10.9. The Bertz CT molecular complexity index is 1290. The zero-order valence-corrected chi connectivity index (χ0v) is 20.2. The van der Waals surface area contributed by atoms with Crippen LogP contribution in [0.2, 0.25) is 0 Å². The summed E-state index contributed by atoms with van der Waals surface area (Å²) in [4.78, 5) is 3.53. The number of anilines is 2. The maximum Gasteiger partial charge on any atom is 0.573 e. The van der Waals surface area contributed by atoms with E-state index in [0.717, 1.165) is 16.8 Å². The van der Waals surface area contributed by atoms with Gasteiger partial charge < -0.3 is 14.5 Å². The third-order valence-electron chi connectivity index (χ3n) is 7.13. The van der Waals surface area contributed by atoms with Crippen molar-refractivity contribution in [1.82, 2.24) is 0 Å². The van der Waals surface area contributed by atoms with E-state index < -0.39 is 36.3 Å². The second-order valence-corrected chi connectivity index (χ2v) is 9.81. The quantitative estimate of drug-likeness (QED) is 0.300. The molecular formula is C28H25F7N2O. The molecule has 2 aliphatic rings. The molecule has 0 bridgehead atoms. The lowest BCUT2D eigenvalue weighted by Gasteiger charge is -2.37. The maximum atomic E-state index is 13.5. The molecule has 0 spiro atoms. The van der Waals surface area contributed by atoms with Crippen LogP contribution in [0.5, 0.6) is 5.75 Å². The van der Waals surface area contributed by atoms with Crippen LogP contribution in [-0.4, -0.2) is 44.9 Å². The Morgan fingerprint density at radius 1 is 0.868 bits per heavy atom. The molecule has 2 heterocycles. The molecule has 0 aromatic heterocycles. The predicted molar refractivity (Wildman–Crippen MR) is 130 cm³/mol. The van der Waals surface area contributed by atoms with Gasteiger partial charge in [0.25, 0.3) is 0 Å².